The highest BCUT2D eigenvalue weighted by molar-refractivity contribution is 5.82. The Morgan fingerprint density at radius 3 is 2.76 bits per heavy atom. The summed E-state index contributed by atoms with van der Waals surface area (Å²) >= 11 is 0. The number of fused-ring (bicyclic) bond motifs is 1. The van der Waals surface area contributed by atoms with Gasteiger partial charge in [-0.2, -0.15) is 0 Å². The first-order chi connectivity index (χ1) is 10.2. The molecule has 1 N–H and O–H groups in total. The number of imidazole rings is 1. The van der Waals surface area contributed by atoms with E-state index in [1.54, 1.807) is 0 Å². The number of rotatable bonds is 5. The van der Waals surface area contributed by atoms with Gasteiger partial charge in [0.25, 0.3) is 0 Å². The summed E-state index contributed by atoms with van der Waals surface area (Å²) in [5, 5.41) is 4.54. The molecule has 0 spiro atoms. The molecule has 0 saturated heterocycles. The van der Waals surface area contributed by atoms with Crippen LogP contribution in [0.25, 0.3) is 11.0 Å². The maximum absolute atomic E-state index is 6.02. The van der Waals surface area contributed by atoms with Gasteiger partial charge in [-0.25, -0.2) is 4.98 Å². The molecule has 0 atom stereocenters. The number of nitrogens with zero attached hydrogens (tertiary/aromatic N) is 2. The zero-order chi connectivity index (χ0) is 14.8. The Labute approximate surface area is 124 Å². The molecule has 1 aromatic carbocycles. The van der Waals surface area contributed by atoms with E-state index in [0.717, 1.165) is 36.7 Å². The van der Waals surface area contributed by atoms with E-state index in [4.69, 9.17) is 4.42 Å². The Bertz CT molecular complexity index is 755. The van der Waals surface area contributed by atoms with Gasteiger partial charge >= 0.3 is 0 Å². The molecule has 0 unspecified atom stereocenters. The Morgan fingerprint density at radius 2 is 2.05 bits per heavy atom. The quantitative estimate of drug-likeness (QED) is 0.780. The minimum Gasteiger partial charge on any atom is -0.459 e. The van der Waals surface area contributed by atoms with Crippen molar-refractivity contribution < 1.29 is 4.42 Å². The predicted octanol–water partition coefficient (Wildman–Crippen LogP) is 3.40. The molecular weight excluding hydrogens is 262 g/mol. The normalized spacial score (nSPS) is 11.4. The van der Waals surface area contributed by atoms with Gasteiger partial charge in [0.05, 0.1) is 25.1 Å². The zero-order valence-electron chi connectivity index (χ0n) is 12.8. The number of para-hydroxylation sites is 1. The molecule has 0 aliphatic heterocycles. The first-order valence-electron chi connectivity index (χ1n) is 7.39. The monoisotopic (exact) mass is 283 g/mol. The minimum absolute atomic E-state index is 0.757. The van der Waals surface area contributed by atoms with E-state index in [0.29, 0.717) is 0 Å². The van der Waals surface area contributed by atoms with Crippen LogP contribution in [0.3, 0.4) is 0 Å². The fraction of sp³-hybridized carbons (Fsp3) is 0.353. The van der Waals surface area contributed by atoms with Gasteiger partial charge in [-0.1, -0.05) is 25.1 Å². The lowest BCUT2D eigenvalue weighted by Gasteiger charge is -2.07. The smallest absolute Gasteiger partial charge is 0.134 e. The standard InChI is InChI=1S/C17H21N3O/c1-4-18-9-17-15(10-20-11-19-12(2)13(20)3)14-7-5-6-8-16(14)21-17/h5-8,11,18H,4,9-10H2,1-3H3. The van der Waals surface area contributed by atoms with E-state index in [2.05, 4.69) is 40.8 Å². The fourth-order valence-electron chi connectivity index (χ4n) is 2.58. The van der Waals surface area contributed by atoms with E-state index in [1.165, 1.54) is 16.6 Å². The third-order valence-electron chi connectivity index (χ3n) is 3.99. The van der Waals surface area contributed by atoms with E-state index in [9.17, 15) is 0 Å². The molecule has 0 saturated carbocycles. The number of hydrogen-bond donors (Lipinski definition) is 1. The molecule has 3 rings (SSSR count). The van der Waals surface area contributed by atoms with Crippen molar-refractivity contribution in [1.82, 2.24) is 14.9 Å². The second-order valence-corrected chi connectivity index (χ2v) is 5.32. The van der Waals surface area contributed by atoms with Crippen LogP contribution in [0, 0.1) is 13.8 Å². The average Bonchev–Trinajstić information content (AvgIpc) is 3.00. The Balaban J connectivity index is 2.04. The van der Waals surface area contributed by atoms with E-state index < -0.39 is 0 Å². The minimum atomic E-state index is 0.757. The van der Waals surface area contributed by atoms with E-state index >= 15 is 0 Å². The van der Waals surface area contributed by atoms with E-state index in [-0.39, 0.29) is 0 Å². The largest absolute Gasteiger partial charge is 0.459 e. The molecule has 3 aromatic rings. The molecule has 2 aromatic heterocycles. The molecular formula is C17H21N3O. The summed E-state index contributed by atoms with van der Waals surface area (Å²) in [6.45, 7) is 8.73. The maximum Gasteiger partial charge on any atom is 0.134 e. The van der Waals surface area contributed by atoms with Gasteiger partial charge in [0, 0.05) is 16.6 Å². The Kier molecular flexibility index (Phi) is 3.80. The Hall–Kier alpha value is -2.07. The second kappa shape index (κ2) is 5.74. The molecule has 0 aliphatic rings. The van der Waals surface area contributed by atoms with E-state index in [1.807, 2.05) is 25.4 Å². The van der Waals surface area contributed by atoms with Crippen molar-refractivity contribution >= 4 is 11.0 Å². The number of aromatic nitrogens is 2. The molecule has 0 radical (unpaired) electrons. The molecule has 21 heavy (non-hydrogen) atoms. The lowest BCUT2D eigenvalue weighted by atomic mass is 10.1. The maximum atomic E-state index is 6.02. The molecule has 4 nitrogen and oxygen atoms in total. The lowest BCUT2D eigenvalue weighted by molar-refractivity contribution is 0.510. The zero-order valence-corrected chi connectivity index (χ0v) is 12.8. The molecule has 110 valence electrons. The van der Waals surface area contributed by atoms with Crippen molar-refractivity contribution in [2.75, 3.05) is 6.54 Å². The van der Waals surface area contributed by atoms with Crippen LogP contribution in [-0.4, -0.2) is 16.1 Å². The van der Waals surface area contributed by atoms with Gasteiger partial charge < -0.3 is 14.3 Å². The molecule has 0 bridgehead atoms. The number of aryl methyl sites for hydroxylation is 1. The van der Waals surface area contributed by atoms with Crippen LogP contribution in [0.1, 0.15) is 29.6 Å². The molecule has 0 fully saturated rings. The van der Waals surface area contributed by atoms with Gasteiger partial charge in [0.1, 0.15) is 11.3 Å². The lowest BCUT2D eigenvalue weighted by Crippen LogP contribution is -2.13. The van der Waals surface area contributed by atoms with Gasteiger partial charge in [-0.05, 0) is 26.5 Å². The summed E-state index contributed by atoms with van der Waals surface area (Å²) in [5.41, 5.74) is 4.48. The van der Waals surface area contributed by atoms with Crippen LogP contribution in [0.2, 0.25) is 0 Å². The highest BCUT2D eigenvalue weighted by Crippen LogP contribution is 2.27. The number of nitrogens with one attached hydrogen (secondary N) is 1. The third-order valence-corrected chi connectivity index (χ3v) is 3.99. The average molecular weight is 283 g/mol. The highest BCUT2D eigenvalue weighted by Gasteiger charge is 2.15. The van der Waals surface area contributed by atoms with Crippen molar-refractivity contribution in [3.05, 3.63) is 53.3 Å². The predicted molar refractivity (Wildman–Crippen MR) is 84.4 cm³/mol. The summed E-state index contributed by atoms with van der Waals surface area (Å²) < 4.78 is 8.21. The SMILES string of the molecule is CCNCc1oc2ccccc2c1Cn1cnc(C)c1C. The summed E-state index contributed by atoms with van der Waals surface area (Å²) in [6.07, 6.45) is 1.91. The third kappa shape index (κ3) is 2.59. The highest BCUT2D eigenvalue weighted by atomic mass is 16.3. The molecule has 0 aliphatic carbocycles. The van der Waals surface area contributed by atoms with Crippen LogP contribution < -0.4 is 5.32 Å². The molecule has 2 heterocycles. The summed E-state index contributed by atoms with van der Waals surface area (Å²) in [6, 6.07) is 8.23. The Morgan fingerprint density at radius 1 is 1.24 bits per heavy atom. The van der Waals surface area contributed by atoms with Crippen LogP contribution in [0.5, 0.6) is 0 Å². The molecule has 4 heteroatoms. The van der Waals surface area contributed by atoms with Gasteiger partial charge in [0.15, 0.2) is 0 Å². The second-order valence-electron chi connectivity index (χ2n) is 5.32. The van der Waals surface area contributed by atoms with Gasteiger partial charge in [-0.3, -0.25) is 0 Å². The number of hydrogen-bond acceptors (Lipinski definition) is 3. The van der Waals surface area contributed by atoms with Crippen LogP contribution in [-0.2, 0) is 13.1 Å². The fourth-order valence-corrected chi connectivity index (χ4v) is 2.58. The van der Waals surface area contributed by atoms with Crippen LogP contribution in [0.15, 0.2) is 35.0 Å². The van der Waals surface area contributed by atoms with Crippen molar-refractivity contribution in [3.63, 3.8) is 0 Å². The van der Waals surface area contributed by atoms with Crippen molar-refractivity contribution in [1.29, 1.82) is 0 Å². The first-order valence-corrected chi connectivity index (χ1v) is 7.39. The van der Waals surface area contributed by atoms with Crippen LogP contribution in [0.4, 0.5) is 0 Å². The number of furan rings is 1. The van der Waals surface area contributed by atoms with Crippen LogP contribution >= 0.6 is 0 Å². The summed E-state index contributed by atoms with van der Waals surface area (Å²) in [4.78, 5) is 4.39. The van der Waals surface area contributed by atoms with Gasteiger partial charge in [0.2, 0.25) is 0 Å². The number of benzene rings is 1. The van der Waals surface area contributed by atoms with Crippen molar-refractivity contribution in [2.45, 2.75) is 33.9 Å². The topological polar surface area (TPSA) is 43.0 Å². The van der Waals surface area contributed by atoms with Crippen molar-refractivity contribution in [3.8, 4) is 0 Å². The van der Waals surface area contributed by atoms with Gasteiger partial charge in [-0.15, -0.1) is 0 Å². The molecule has 0 amide bonds. The summed E-state index contributed by atoms with van der Waals surface area (Å²) in [7, 11) is 0. The van der Waals surface area contributed by atoms with Crippen molar-refractivity contribution in [2.24, 2.45) is 0 Å². The summed E-state index contributed by atoms with van der Waals surface area (Å²) in [5.74, 6) is 1.02. The first kappa shape index (κ1) is 13.9.